The van der Waals surface area contributed by atoms with E-state index in [0.717, 1.165) is 25.7 Å². The van der Waals surface area contributed by atoms with Crippen molar-refractivity contribution in [3.05, 3.63) is 12.2 Å². The number of aliphatic hydroxyl groups excluding tert-OH is 1. The molecule has 3 nitrogen and oxygen atoms in total. The fourth-order valence-electron chi connectivity index (χ4n) is 6.70. The van der Waals surface area contributed by atoms with Gasteiger partial charge in [0.2, 0.25) is 0 Å². The summed E-state index contributed by atoms with van der Waals surface area (Å²) in [5, 5.41) is 8.80. The lowest BCUT2D eigenvalue weighted by Gasteiger charge is -2.06. The minimum atomic E-state index is 0.0151. The highest BCUT2D eigenvalue weighted by atomic mass is 16.5. The van der Waals surface area contributed by atoms with Crippen molar-refractivity contribution in [3.63, 3.8) is 0 Å². The van der Waals surface area contributed by atoms with Gasteiger partial charge in [-0.25, -0.2) is 0 Å². The van der Waals surface area contributed by atoms with Crippen molar-refractivity contribution in [2.24, 2.45) is 0 Å². The lowest BCUT2D eigenvalue weighted by Crippen LogP contribution is -2.05. The van der Waals surface area contributed by atoms with E-state index in [9.17, 15) is 4.79 Å². The summed E-state index contributed by atoms with van der Waals surface area (Å²) >= 11 is 0. The largest absolute Gasteiger partial charge is 0.466 e. The summed E-state index contributed by atoms with van der Waals surface area (Å²) in [5.74, 6) is 0.0151. The highest BCUT2D eigenvalue weighted by Crippen LogP contribution is 2.16. The number of carbonyl (C=O) groups excluding carboxylic acids is 1. The zero-order valence-corrected chi connectivity index (χ0v) is 32.2. The van der Waals surface area contributed by atoms with Gasteiger partial charge in [-0.3, -0.25) is 4.79 Å². The molecule has 0 aliphatic rings. The summed E-state index contributed by atoms with van der Waals surface area (Å²) in [5.41, 5.74) is 0. The van der Waals surface area contributed by atoms with Crippen LogP contribution in [0, 0.1) is 0 Å². The van der Waals surface area contributed by atoms with E-state index in [-0.39, 0.29) is 5.97 Å². The first-order chi connectivity index (χ1) is 23.3. The van der Waals surface area contributed by atoms with Crippen molar-refractivity contribution in [1.82, 2.24) is 0 Å². The molecule has 0 saturated carbocycles. The van der Waals surface area contributed by atoms with E-state index in [1.807, 2.05) is 0 Å². The number of esters is 1. The Morgan fingerprint density at radius 2 is 0.702 bits per heavy atom. The minimum absolute atomic E-state index is 0.0151. The average Bonchev–Trinajstić information content (AvgIpc) is 3.08. The number of rotatable bonds is 41. The average molecular weight is 663 g/mol. The topological polar surface area (TPSA) is 46.5 Å². The molecule has 3 heteroatoms. The summed E-state index contributed by atoms with van der Waals surface area (Å²) in [6, 6.07) is 0. The zero-order valence-electron chi connectivity index (χ0n) is 32.2. The van der Waals surface area contributed by atoms with E-state index >= 15 is 0 Å². The van der Waals surface area contributed by atoms with Crippen LogP contribution >= 0.6 is 0 Å². The Morgan fingerprint density at radius 3 is 1.06 bits per heavy atom. The maximum Gasteiger partial charge on any atom is 0.305 e. The van der Waals surface area contributed by atoms with Crippen molar-refractivity contribution in [3.8, 4) is 0 Å². The van der Waals surface area contributed by atoms with Gasteiger partial charge in [0.25, 0.3) is 0 Å². The van der Waals surface area contributed by atoms with Gasteiger partial charge < -0.3 is 9.84 Å². The van der Waals surface area contributed by atoms with Gasteiger partial charge in [-0.2, -0.15) is 0 Å². The maximum atomic E-state index is 12.0. The molecule has 0 aromatic heterocycles. The third-order valence-electron chi connectivity index (χ3n) is 9.96. The highest BCUT2D eigenvalue weighted by Gasteiger charge is 2.03. The number of aliphatic hydroxyl groups is 1. The molecule has 47 heavy (non-hydrogen) atoms. The molecule has 0 rings (SSSR count). The van der Waals surface area contributed by atoms with E-state index in [2.05, 4.69) is 19.1 Å². The monoisotopic (exact) mass is 663 g/mol. The molecule has 0 aromatic carbocycles. The highest BCUT2D eigenvalue weighted by molar-refractivity contribution is 5.69. The maximum absolute atomic E-state index is 12.0. The summed E-state index contributed by atoms with van der Waals surface area (Å²) in [4.78, 5) is 12.0. The van der Waals surface area contributed by atoms with E-state index in [1.54, 1.807) is 0 Å². The molecule has 0 saturated heterocycles. The molecule has 0 aromatic rings. The Hall–Kier alpha value is -0.830. The summed E-state index contributed by atoms with van der Waals surface area (Å²) in [6.07, 6.45) is 54.7. The van der Waals surface area contributed by atoms with E-state index < -0.39 is 0 Å². The standard InChI is InChI=1S/C44H86O3/c1-2-3-4-5-6-7-8-23-26-29-32-35-38-41-44(46)47-43-40-37-34-31-28-25-22-20-18-16-14-12-10-9-11-13-15-17-19-21-24-27-30-33-36-39-42-45/h7-8,45H,2-6,9-43H2,1H3/b8-7-. The van der Waals surface area contributed by atoms with Crippen LogP contribution in [0.4, 0.5) is 0 Å². The first-order valence-electron chi connectivity index (χ1n) is 21.7. The molecule has 0 aliphatic carbocycles. The molecule has 0 radical (unpaired) electrons. The summed E-state index contributed by atoms with van der Waals surface area (Å²) in [7, 11) is 0. The molecule has 0 unspecified atom stereocenters. The van der Waals surface area contributed by atoms with Crippen LogP contribution in [0.5, 0.6) is 0 Å². The fourth-order valence-corrected chi connectivity index (χ4v) is 6.70. The van der Waals surface area contributed by atoms with Gasteiger partial charge in [-0.15, -0.1) is 0 Å². The Morgan fingerprint density at radius 1 is 0.404 bits per heavy atom. The number of carbonyl (C=O) groups is 1. The number of unbranched alkanes of at least 4 members (excludes halogenated alkanes) is 34. The van der Waals surface area contributed by atoms with Crippen LogP contribution in [0.25, 0.3) is 0 Å². The molecule has 0 amide bonds. The van der Waals surface area contributed by atoms with Crippen LogP contribution in [0.2, 0.25) is 0 Å². The van der Waals surface area contributed by atoms with Crippen molar-refractivity contribution in [2.75, 3.05) is 13.2 Å². The molecule has 0 spiro atoms. The normalized spacial score (nSPS) is 11.6. The number of hydrogen-bond donors (Lipinski definition) is 1. The van der Waals surface area contributed by atoms with Gasteiger partial charge in [-0.1, -0.05) is 212 Å². The SMILES string of the molecule is CCCCCC/C=C\CCCCCCCC(=O)OCCCCCCCCCCCCCCCCCCCCCCCCCCCCO. The van der Waals surface area contributed by atoms with Gasteiger partial charge in [0.1, 0.15) is 0 Å². The molecule has 280 valence electrons. The molecule has 1 N–H and O–H groups in total. The van der Waals surface area contributed by atoms with Crippen molar-refractivity contribution < 1.29 is 14.6 Å². The second kappa shape index (κ2) is 43.2. The quantitative estimate of drug-likeness (QED) is 0.0402. The first-order valence-corrected chi connectivity index (χ1v) is 21.7. The van der Waals surface area contributed by atoms with Crippen molar-refractivity contribution in [1.29, 1.82) is 0 Å². The second-order valence-corrected chi connectivity index (χ2v) is 14.8. The van der Waals surface area contributed by atoms with Crippen LogP contribution in [-0.2, 0) is 9.53 Å². The lowest BCUT2D eigenvalue weighted by atomic mass is 10.0. The van der Waals surface area contributed by atoms with Gasteiger partial charge in [0.15, 0.2) is 0 Å². The smallest absolute Gasteiger partial charge is 0.305 e. The summed E-state index contributed by atoms with van der Waals surface area (Å²) < 4.78 is 5.45. The third-order valence-corrected chi connectivity index (χ3v) is 9.96. The minimum Gasteiger partial charge on any atom is -0.466 e. The Kier molecular flexibility index (Phi) is 42.4. The molecular weight excluding hydrogens is 576 g/mol. The molecular formula is C44H86O3. The first kappa shape index (κ1) is 46.2. The molecule has 0 atom stereocenters. The zero-order chi connectivity index (χ0) is 34.0. The van der Waals surface area contributed by atoms with Crippen LogP contribution in [0.15, 0.2) is 12.2 Å². The molecule has 0 bridgehead atoms. The van der Waals surface area contributed by atoms with E-state index in [4.69, 9.17) is 9.84 Å². The van der Waals surface area contributed by atoms with Crippen LogP contribution in [-0.4, -0.2) is 24.3 Å². The van der Waals surface area contributed by atoms with Crippen molar-refractivity contribution in [2.45, 2.75) is 251 Å². The number of ether oxygens (including phenoxy) is 1. The fraction of sp³-hybridized carbons (Fsp3) is 0.932. The Balaban J connectivity index is 3.15. The third kappa shape index (κ3) is 43.1. The lowest BCUT2D eigenvalue weighted by molar-refractivity contribution is -0.143. The molecule has 0 fully saturated rings. The number of allylic oxidation sites excluding steroid dienone is 2. The van der Waals surface area contributed by atoms with Crippen LogP contribution < -0.4 is 0 Å². The summed E-state index contributed by atoms with van der Waals surface area (Å²) in [6.45, 7) is 3.26. The predicted octanol–water partition coefficient (Wildman–Crippen LogP) is 14.9. The van der Waals surface area contributed by atoms with Crippen molar-refractivity contribution >= 4 is 5.97 Å². The van der Waals surface area contributed by atoms with Gasteiger partial charge in [-0.05, 0) is 44.9 Å². The van der Waals surface area contributed by atoms with Gasteiger partial charge >= 0.3 is 5.97 Å². The van der Waals surface area contributed by atoms with E-state index in [1.165, 1.54) is 212 Å². The van der Waals surface area contributed by atoms with Gasteiger partial charge in [0.05, 0.1) is 6.61 Å². The van der Waals surface area contributed by atoms with E-state index in [0.29, 0.717) is 19.6 Å². The Labute approximate surface area is 296 Å². The van der Waals surface area contributed by atoms with Crippen LogP contribution in [0.3, 0.4) is 0 Å². The predicted molar refractivity (Wildman–Crippen MR) is 208 cm³/mol. The Bertz CT molecular complexity index is 601. The van der Waals surface area contributed by atoms with Gasteiger partial charge in [0, 0.05) is 13.0 Å². The molecule has 0 heterocycles. The molecule has 0 aliphatic heterocycles. The number of hydrogen-bond acceptors (Lipinski definition) is 3. The second-order valence-electron chi connectivity index (χ2n) is 14.8. The van der Waals surface area contributed by atoms with Crippen LogP contribution in [0.1, 0.15) is 251 Å².